The van der Waals surface area contributed by atoms with Crippen molar-refractivity contribution in [2.75, 3.05) is 46.4 Å². The Labute approximate surface area is 122 Å². The van der Waals surface area contributed by atoms with Crippen molar-refractivity contribution in [3.63, 3.8) is 0 Å². The molecule has 2 fully saturated rings. The van der Waals surface area contributed by atoms with Gasteiger partial charge in [-0.05, 0) is 25.3 Å². The largest absolute Gasteiger partial charge is 0.383 e. The predicted octanol–water partition coefficient (Wildman–Crippen LogP) is 0.554. The number of carbonyl (C=O) groups excluding carboxylic acids is 1. The Hall–Kier alpha value is -0.650. The number of amides is 1. The first-order chi connectivity index (χ1) is 9.65. The van der Waals surface area contributed by atoms with Gasteiger partial charge in [-0.25, -0.2) is 0 Å². The Balaban J connectivity index is 2.03. The van der Waals surface area contributed by atoms with Gasteiger partial charge in [0, 0.05) is 39.3 Å². The maximum Gasteiger partial charge on any atom is 0.240 e. The maximum atomic E-state index is 12.8. The number of hydrogen-bond donors (Lipinski definition) is 1. The third-order valence-corrected chi connectivity index (χ3v) is 4.54. The average Bonchev–Trinajstić information content (AvgIpc) is 2.93. The third-order valence-electron chi connectivity index (χ3n) is 4.54. The summed E-state index contributed by atoms with van der Waals surface area (Å²) in [5.74, 6) is 0.831. The molecule has 2 aliphatic rings. The van der Waals surface area contributed by atoms with E-state index in [1.54, 1.807) is 7.11 Å². The van der Waals surface area contributed by atoms with Gasteiger partial charge in [-0.1, -0.05) is 13.8 Å². The van der Waals surface area contributed by atoms with E-state index in [0.29, 0.717) is 24.5 Å². The van der Waals surface area contributed by atoms with Crippen molar-refractivity contribution in [2.24, 2.45) is 5.92 Å². The molecule has 0 bridgehead atoms. The van der Waals surface area contributed by atoms with Crippen molar-refractivity contribution in [2.45, 2.75) is 38.8 Å². The van der Waals surface area contributed by atoms with Crippen LogP contribution in [-0.2, 0) is 9.53 Å². The van der Waals surface area contributed by atoms with Crippen LogP contribution in [0.15, 0.2) is 0 Å². The lowest BCUT2D eigenvalue weighted by molar-refractivity contribution is -0.138. The van der Waals surface area contributed by atoms with E-state index < -0.39 is 0 Å². The molecule has 2 saturated heterocycles. The molecule has 0 aromatic heterocycles. The highest BCUT2D eigenvalue weighted by Crippen LogP contribution is 2.25. The van der Waals surface area contributed by atoms with Gasteiger partial charge < -0.3 is 15.0 Å². The number of ether oxygens (including phenoxy) is 1. The Morgan fingerprint density at radius 1 is 1.30 bits per heavy atom. The summed E-state index contributed by atoms with van der Waals surface area (Å²) in [4.78, 5) is 17.2. The van der Waals surface area contributed by atoms with Gasteiger partial charge in [0.1, 0.15) is 0 Å². The van der Waals surface area contributed by atoms with Crippen molar-refractivity contribution >= 4 is 5.91 Å². The van der Waals surface area contributed by atoms with Gasteiger partial charge >= 0.3 is 0 Å². The molecule has 2 atom stereocenters. The van der Waals surface area contributed by atoms with Crippen LogP contribution < -0.4 is 5.32 Å². The number of carbonyl (C=O) groups is 1. The molecule has 20 heavy (non-hydrogen) atoms. The van der Waals surface area contributed by atoms with Gasteiger partial charge in [-0.15, -0.1) is 0 Å². The molecule has 1 amide bonds. The summed E-state index contributed by atoms with van der Waals surface area (Å²) in [5, 5.41) is 3.31. The summed E-state index contributed by atoms with van der Waals surface area (Å²) >= 11 is 0. The lowest BCUT2D eigenvalue weighted by Crippen LogP contribution is -2.55. The van der Waals surface area contributed by atoms with Crippen molar-refractivity contribution in [3.8, 4) is 0 Å². The lowest BCUT2D eigenvalue weighted by atomic mass is 10.0. The van der Waals surface area contributed by atoms with Gasteiger partial charge in [0.2, 0.25) is 5.91 Å². The highest BCUT2D eigenvalue weighted by atomic mass is 16.5. The maximum absolute atomic E-state index is 12.8. The minimum atomic E-state index is 0.0654. The van der Waals surface area contributed by atoms with Crippen molar-refractivity contribution in [3.05, 3.63) is 0 Å². The fraction of sp³-hybridized carbons (Fsp3) is 0.933. The molecule has 2 unspecified atom stereocenters. The van der Waals surface area contributed by atoms with E-state index in [9.17, 15) is 4.79 Å². The van der Waals surface area contributed by atoms with E-state index in [0.717, 1.165) is 45.6 Å². The van der Waals surface area contributed by atoms with Crippen LogP contribution in [0.25, 0.3) is 0 Å². The quantitative estimate of drug-likeness (QED) is 0.800. The van der Waals surface area contributed by atoms with E-state index in [4.69, 9.17) is 4.74 Å². The smallest absolute Gasteiger partial charge is 0.240 e. The van der Waals surface area contributed by atoms with Crippen LogP contribution in [0.4, 0.5) is 0 Å². The summed E-state index contributed by atoms with van der Waals surface area (Å²) in [6, 6.07) is 0.412. The second-order valence-corrected chi connectivity index (χ2v) is 6.24. The van der Waals surface area contributed by atoms with Gasteiger partial charge in [0.05, 0.1) is 12.6 Å². The molecule has 0 radical (unpaired) electrons. The minimum absolute atomic E-state index is 0.0654. The van der Waals surface area contributed by atoms with Crippen molar-refractivity contribution in [1.29, 1.82) is 0 Å². The number of methoxy groups -OCH3 is 1. The summed E-state index contributed by atoms with van der Waals surface area (Å²) < 4.78 is 5.37. The van der Waals surface area contributed by atoms with Crippen LogP contribution in [0.3, 0.4) is 0 Å². The first-order valence-electron chi connectivity index (χ1n) is 7.89. The molecular formula is C15H29N3O2. The van der Waals surface area contributed by atoms with Crippen LogP contribution in [0.5, 0.6) is 0 Å². The van der Waals surface area contributed by atoms with Gasteiger partial charge in [0.25, 0.3) is 0 Å². The standard InChI is InChI=1S/C15H29N3O2/c1-12(2)14(11-20-3)18-8-4-5-13(18)15(19)17-9-6-16-7-10-17/h12-14,16H,4-11H2,1-3H3. The van der Waals surface area contributed by atoms with E-state index in [1.807, 2.05) is 4.90 Å². The number of nitrogens with zero attached hydrogens (tertiary/aromatic N) is 2. The third kappa shape index (κ3) is 3.51. The van der Waals surface area contributed by atoms with E-state index in [1.165, 1.54) is 0 Å². The molecule has 0 aliphatic carbocycles. The molecular weight excluding hydrogens is 254 g/mol. The number of nitrogens with one attached hydrogen (secondary N) is 1. The molecule has 0 aromatic rings. The number of rotatable bonds is 5. The molecule has 5 heteroatoms. The van der Waals surface area contributed by atoms with E-state index in [-0.39, 0.29) is 6.04 Å². The second kappa shape index (κ2) is 7.38. The van der Waals surface area contributed by atoms with E-state index in [2.05, 4.69) is 24.1 Å². The lowest BCUT2D eigenvalue weighted by Gasteiger charge is -2.37. The molecule has 116 valence electrons. The number of piperazine rings is 1. The van der Waals surface area contributed by atoms with Crippen LogP contribution in [-0.4, -0.2) is 74.2 Å². The molecule has 2 aliphatic heterocycles. The zero-order valence-electron chi connectivity index (χ0n) is 13.1. The van der Waals surface area contributed by atoms with Crippen molar-refractivity contribution < 1.29 is 9.53 Å². The monoisotopic (exact) mass is 283 g/mol. The van der Waals surface area contributed by atoms with Crippen LogP contribution in [0.1, 0.15) is 26.7 Å². The zero-order valence-corrected chi connectivity index (χ0v) is 13.1. The summed E-state index contributed by atoms with van der Waals surface area (Å²) in [6.45, 7) is 9.70. The minimum Gasteiger partial charge on any atom is -0.383 e. The summed E-state index contributed by atoms with van der Waals surface area (Å²) in [5.41, 5.74) is 0. The first kappa shape index (κ1) is 15.7. The molecule has 0 saturated carbocycles. The van der Waals surface area contributed by atoms with Gasteiger partial charge in [-0.3, -0.25) is 9.69 Å². The molecule has 0 spiro atoms. The zero-order chi connectivity index (χ0) is 14.5. The first-order valence-corrected chi connectivity index (χ1v) is 7.89. The van der Waals surface area contributed by atoms with Gasteiger partial charge in [-0.2, -0.15) is 0 Å². The predicted molar refractivity (Wildman–Crippen MR) is 79.7 cm³/mol. The van der Waals surface area contributed by atoms with Crippen LogP contribution in [0, 0.1) is 5.92 Å². The Morgan fingerprint density at radius 2 is 2.00 bits per heavy atom. The topological polar surface area (TPSA) is 44.8 Å². The van der Waals surface area contributed by atoms with Crippen LogP contribution >= 0.6 is 0 Å². The van der Waals surface area contributed by atoms with Gasteiger partial charge in [0.15, 0.2) is 0 Å². The summed E-state index contributed by atoms with van der Waals surface area (Å²) in [6.07, 6.45) is 2.12. The highest BCUT2D eigenvalue weighted by Gasteiger charge is 2.38. The van der Waals surface area contributed by atoms with Crippen molar-refractivity contribution in [1.82, 2.24) is 15.1 Å². The normalized spacial score (nSPS) is 26.2. The van der Waals surface area contributed by atoms with E-state index >= 15 is 0 Å². The Morgan fingerprint density at radius 3 is 2.60 bits per heavy atom. The summed E-state index contributed by atoms with van der Waals surface area (Å²) in [7, 11) is 1.75. The average molecular weight is 283 g/mol. The Kier molecular flexibility index (Phi) is 5.81. The molecule has 0 aromatic carbocycles. The van der Waals surface area contributed by atoms with Crippen LogP contribution in [0.2, 0.25) is 0 Å². The molecule has 1 N–H and O–H groups in total. The molecule has 5 nitrogen and oxygen atoms in total. The molecule has 2 rings (SSSR count). The SMILES string of the molecule is COCC(C(C)C)N1CCCC1C(=O)N1CCNCC1. The fourth-order valence-corrected chi connectivity index (χ4v) is 3.39. The number of likely N-dealkylation sites (tertiary alicyclic amines) is 1. The fourth-order valence-electron chi connectivity index (χ4n) is 3.39. The second-order valence-electron chi connectivity index (χ2n) is 6.24. The number of hydrogen-bond acceptors (Lipinski definition) is 4. The Bertz CT molecular complexity index is 316. The molecule has 2 heterocycles. The highest BCUT2D eigenvalue weighted by molar-refractivity contribution is 5.82.